The number of benzene rings is 1. The van der Waals surface area contributed by atoms with Gasteiger partial charge in [-0.05, 0) is 12.5 Å². The first-order valence-electron chi connectivity index (χ1n) is 5.46. The Kier molecular flexibility index (Phi) is 5.11. The van der Waals surface area contributed by atoms with Gasteiger partial charge in [0.05, 0.1) is 11.0 Å². The van der Waals surface area contributed by atoms with E-state index in [0.29, 0.717) is 19.0 Å². The molecule has 0 aliphatic heterocycles. The second kappa shape index (κ2) is 6.58. The Labute approximate surface area is 108 Å². The first-order valence-corrected chi connectivity index (χ1v) is 5.46. The second-order valence-electron chi connectivity index (χ2n) is 3.76. The Morgan fingerprint density at radius 3 is 2.68 bits per heavy atom. The third-order valence-electron chi connectivity index (χ3n) is 2.25. The highest BCUT2D eigenvalue weighted by molar-refractivity contribution is 5.72. The van der Waals surface area contributed by atoms with E-state index in [4.69, 9.17) is 0 Å². The van der Waals surface area contributed by atoms with Crippen LogP contribution in [0.4, 0.5) is 14.5 Å². The summed E-state index contributed by atoms with van der Waals surface area (Å²) in [6.45, 7) is 1.75. The lowest BCUT2D eigenvalue weighted by Gasteiger charge is -2.00. The van der Waals surface area contributed by atoms with Crippen LogP contribution in [0.2, 0.25) is 0 Å². The van der Waals surface area contributed by atoms with Gasteiger partial charge in [0, 0.05) is 19.0 Å². The predicted molar refractivity (Wildman–Crippen MR) is 65.3 cm³/mol. The Morgan fingerprint density at radius 1 is 1.42 bits per heavy atom. The van der Waals surface area contributed by atoms with Crippen LogP contribution >= 0.6 is 0 Å². The summed E-state index contributed by atoms with van der Waals surface area (Å²) in [5, 5.41) is 12.9. The van der Waals surface area contributed by atoms with Gasteiger partial charge in [-0.2, -0.15) is 4.39 Å². The summed E-state index contributed by atoms with van der Waals surface area (Å²) >= 11 is 0. The minimum Gasteiger partial charge on any atom is -0.356 e. The fraction of sp³-hybridized carbons (Fsp3) is 0.250. The molecule has 1 N–H and O–H groups in total. The molecular weight excluding hydrogens is 258 g/mol. The summed E-state index contributed by atoms with van der Waals surface area (Å²) in [6.07, 6.45) is 3.29. The summed E-state index contributed by atoms with van der Waals surface area (Å²) in [5.74, 6) is -2.14. The maximum Gasteiger partial charge on any atom is 0.307 e. The summed E-state index contributed by atoms with van der Waals surface area (Å²) < 4.78 is 26.7. The molecule has 0 atom stereocenters. The van der Waals surface area contributed by atoms with E-state index >= 15 is 0 Å². The van der Waals surface area contributed by atoms with Crippen molar-refractivity contribution in [2.75, 3.05) is 6.54 Å². The molecule has 0 radical (unpaired) electrons. The summed E-state index contributed by atoms with van der Waals surface area (Å²) in [4.78, 5) is 20.0. The van der Waals surface area contributed by atoms with Crippen molar-refractivity contribution >= 4 is 17.7 Å². The van der Waals surface area contributed by atoms with Gasteiger partial charge in [-0.3, -0.25) is 14.9 Å². The van der Waals surface area contributed by atoms with Gasteiger partial charge >= 0.3 is 5.69 Å². The highest BCUT2D eigenvalue weighted by Gasteiger charge is 2.17. The molecule has 0 heterocycles. The summed E-state index contributed by atoms with van der Waals surface area (Å²) in [7, 11) is 0. The zero-order chi connectivity index (χ0) is 14.4. The first kappa shape index (κ1) is 14.7. The maximum absolute atomic E-state index is 13.4. The molecular formula is C12H12F2N2O3. The van der Waals surface area contributed by atoms with Gasteiger partial charge in [0.25, 0.3) is 0 Å². The van der Waals surface area contributed by atoms with E-state index in [1.165, 1.54) is 13.0 Å². The quantitative estimate of drug-likeness (QED) is 0.507. The van der Waals surface area contributed by atoms with Gasteiger partial charge < -0.3 is 5.32 Å². The molecule has 102 valence electrons. The van der Waals surface area contributed by atoms with Crippen LogP contribution in [0.3, 0.4) is 0 Å². The van der Waals surface area contributed by atoms with E-state index < -0.39 is 22.2 Å². The molecule has 1 aromatic rings. The van der Waals surface area contributed by atoms with Crippen molar-refractivity contribution in [1.29, 1.82) is 0 Å². The molecule has 0 aliphatic carbocycles. The number of hydrogen-bond acceptors (Lipinski definition) is 3. The smallest absolute Gasteiger partial charge is 0.307 e. The maximum atomic E-state index is 13.4. The zero-order valence-electron chi connectivity index (χ0n) is 10.2. The molecule has 0 aromatic heterocycles. The Bertz CT molecular complexity index is 530. The normalized spacial score (nSPS) is 10.7. The largest absolute Gasteiger partial charge is 0.356 e. The first-order chi connectivity index (χ1) is 8.91. The highest BCUT2D eigenvalue weighted by atomic mass is 19.1. The zero-order valence-corrected chi connectivity index (χ0v) is 10.2. The van der Waals surface area contributed by atoms with Gasteiger partial charge in [-0.1, -0.05) is 12.2 Å². The van der Waals surface area contributed by atoms with Crippen LogP contribution in [0.5, 0.6) is 0 Å². The van der Waals surface area contributed by atoms with Gasteiger partial charge in [-0.15, -0.1) is 0 Å². The van der Waals surface area contributed by atoms with Crippen molar-refractivity contribution in [3.05, 3.63) is 45.5 Å². The van der Waals surface area contributed by atoms with Crippen molar-refractivity contribution in [3.63, 3.8) is 0 Å². The standard InChI is InChI=1S/C12H12F2N2O3/c1-8(17)15-5-3-2-4-9-6-11(14)12(16(18)19)7-10(9)13/h2,4,6-7H,3,5H2,1H3,(H,15,17). The molecule has 0 saturated carbocycles. The second-order valence-corrected chi connectivity index (χ2v) is 3.76. The number of carbonyl (C=O) groups excluding carboxylic acids is 1. The van der Waals surface area contributed by atoms with E-state index in [9.17, 15) is 23.7 Å². The van der Waals surface area contributed by atoms with Crippen molar-refractivity contribution < 1.29 is 18.5 Å². The number of nitrogens with one attached hydrogen (secondary N) is 1. The van der Waals surface area contributed by atoms with E-state index in [0.717, 1.165) is 6.07 Å². The average molecular weight is 270 g/mol. The average Bonchev–Trinajstić information content (AvgIpc) is 2.31. The molecule has 1 aromatic carbocycles. The Balaban J connectivity index is 2.74. The van der Waals surface area contributed by atoms with Crippen LogP contribution < -0.4 is 5.32 Å². The highest BCUT2D eigenvalue weighted by Crippen LogP contribution is 2.22. The van der Waals surface area contributed by atoms with E-state index in [2.05, 4.69) is 5.32 Å². The number of amides is 1. The number of hydrogen-bond donors (Lipinski definition) is 1. The molecule has 1 amide bonds. The monoisotopic (exact) mass is 270 g/mol. The van der Waals surface area contributed by atoms with Crippen LogP contribution in [-0.2, 0) is 4.79 Å². The molecule has 1 rings (SSSR count). The molecule has 0 aliphatic rings. The van der Waals surface area contributed by atoms with Crippen molar-refractivity contribution in [3.8, 4) is 0 Å². The molecule has 0 unspecified atom stereocenters. The lowest BCUT2D eigenvalue weighted by molar-refractivity contribution is -0.387. The van der Waals surface area contributed by atoms with E-state index in [1.807, 2.05) is 0 Å². The topological polar surface area (TPSA) is 72.2 Å². The molecule has 0 fully saturated rings. The van der Waals surface area contributed by atoms with E-state index in [-0.39, 0.29) is 11.5 Å². The Morgan fingerprint density at radius 2 is 2.11 bits per heavy atom. The minimum absolute atomic E-state index is 0.0778. The van der Waals surface area contributed by atoms with Crippen molar-refractivity contribution in [2.24, 2.45) is 0 Å². The summed E-state index contributed by atoms with van der Waals surface area (Å²) in [6, 6.07) is 1.31. The number of halogens is 2. The van der Waals surface area contributed by atoms with Gasteiger partial charge in [0.15, 0.2) is 0 Å². The number of nitrogens with zero attached hydrogens (tertiary/aromatic N) is 1. The fourth-order valence-corrected chi connectivity index (χ4v) is 1.36. The Hall–Kier alpha value is -2.31. The molecule has 0 bridgehead atoms. The fourth-order valence-electron chi connectivity index (χ4n) is 1.36. The predicted octanol–water partition coefficient (Wildman–Crippen LogP) is 2.41. The molecule has 0 spiro atoms. The molecule has 7 heteroatoms. The van der Waals surface area contributed by atoms with Crippen LogP contribution in [0, 0.1) is 21.7 Å². The molecule has 5 nitrogen and oxygen atoms in total. The van der Waals surface area contributed by atoms with Crippen LogP contribution in [-0.4, -0.2) is 17.4 Å². The minimum atomic E-state index is -1.09. The van der Waals surface area contributed by atoms with Gasteiger partial charge in [-0.25, -0.2) is 4.39 Å². The van der Waals surface area contributed by atoms with Crippen LogP contribution in [0.1, 0.15) is 18.9 Å². The summed E-state index contributed by atoms with van der Waals surface area (Å²) in [5.41, 5.74) is -0.973. The van der Waals surface area contributed by atoms with Gasteiger partial charge in [0.1, 0.15) is 5.82 Å². The van der Waals surface area contributed by atoms with Crippen molar-refractivity contribution in [1.82, 2.24) is 5.32 Å². The number of nitro groups is 1. The molecule has 0 saturated heterocycles. The van der Waals surface area contributed by atoms with Crippen molar-refractivity contribution in [2.45, 2.75) is 13.3 Å². The number of carbonyl (C=O) groups is 1. The lowest BCUT2D eigenvalue weighted by atomic mass is 10.1. The van der Waals surface area contributed by atoms with E-state index in [1.54, 1.807) is 6.08 Å². The number of nitro benzene ring substituents is 1. The third-order valence-corrected chi connectivity index (χ3v) is 2.25. The molecule has 19 heavy (non-hydrogen) atoms. The lowest BCUT2D eigenvalue weighted by Crippen LogP contribution is -2.20. The van der Waals surface area contributed by atoms with Gasteiger partial charge in [0.2, 0.25) is 11.7 Å². The van der Waals surface area contributed by atoms with Crippen LogP contribution in [0.25, 0.3) is 6.08 Å². The third kappa shape index (κ3) is 4.46. The van der Waals surface area contributed by atoms with Crippen LogP contribution in [0.15, 0.2) is 18.2 Å². The number of rotatable bonds is 5. The SMILES string of the molecule is CC(=O)NCCC=Cc1cc(F)c([N+](=O)[O-])cc1F.